The number of aromatic nitrogens is 3. The second-order valence-corrected chi connectivity index (χ2v) is 8.16. The molecule has 4 rings (SSSR count). The highest BCUT2D eigenvalue weighted by molar-refractivity contribution is 7.98. The van der Waals surface area contributed by atoms with Gasteiger partial charge in [-0.3, -0.25) is 10.1 Å². The number of thioether (sulfide) groups is 1. The number of rotatable bonds is 7. The van der Waals surface area contributed by atoms with Crippen molar-refractivity contribution in [2.45, 2.75) is 30.8 Å². The number of hydrogen-bond acceptors (Lipinski definition) is 8. The Bertz CT molecular complexity index is 1240. The zero-order chi connectivity index (χ0) is 23.5. The van der Waals surface area contributed by atoms with E-state index in [1.54, 1.807) is 36.7 Å². The van der Waals surface area contributed by atoms with Crippen molar-refractivity contribution in [1.29, 1.82) is 0 Å². The predicted molar refractivity (Wildman–Crippen MR) is 120 cm³/mol. The summed E-state index contributed by atoms with van der Waals surface area (Å²) in [5, 5.41) is 19.2. The van der Waals surface area contributed by atoms with E-state index in [0.717, 1.165) is 5.56 Å². The zero-order valence-electron chi connectivity index (χ0n) is 17.8. The van der Waals surface area contributed by atoms with Crippen LogP contribution in [0.1, 0.15) is 31.0 Å². The molecule has 0 spiro atoms. The Morgan fingerprint density at radius 2 is 2.06 bits per heavy atom. The molecule has 1 aliphatic rings. The molecule has 11 heteroatoms. The average molecular weight is 469 g/mol. The molecule has 0 amide bonds. The maximum atomic E-state index is 13.5. The van der Waals surface area contributed by atoms with Gasteiger partial charge in [-0.05, 0) is 49.2 Å². The van der Waals surface area contributed by atoms with Gasteiger partial charge in [0.05, 0.1) is 17.1 Å². The number of halogens is 1. The van der Waals surface area contributed by atoms with Crippen LogP contribution in [0.15, 0.2) is 65.0 Å². The SMILES string of the molecule is CCOC(=O)C1=C(C)Nc2nc(SCc3cccc(F)c3)nn2[C@@H]1c1ccc([N+](=O)[O-])cc1. The van der Waals surface area contributed by atoms with Crippen molar-refractivity contribution in [3.63, 3.8) is 0 Å². The number of non-ortho nitro benzene ring substituents is 1. The minimum atomic E-state index is -0.683. The van der Waals surface area contributed by atoms with Gasteiger partial charge in [0.1, 0.15) is 11.9 Å². The Kier molecular flexibility index (Phi) is 6.40. The number of carbonyl (C=O) groups is 1. The van der Waals surface area contributed by atoms with Crippen LogP contribution in [0.4, 0.5) is 16.0 Å². The Morgan fingerprint density at radius 3 is 2.73 bits per heavy atom. The molecule has 9 nitrogen and oxygen atoms in total. The van der Waals surface area contributed by atoms with Gasteiger partial charge >= 0.3 is 5.97 Å². The van der Waals surface area contributed by atoms with Crippen LogP contribution in [0.25, 0.3) is 0 Å². The minimum Gasteiger partial charge on any atom is -0.463 e. The number of esters is 1. The number of benzene rings is 2. The van der Waals surface area contributed by atoms with Gasteiger partial charge in [0, 0.05) is 23.6 Å². The number of carbonyl (C=O) groups excluding carboxylic acids is 1. The zero-order valence-corrected chi connectivity index (χ0v) is 18.6. The van der Waals surface area contributed by atoms with Gasteiger partial charge in [-0.25, -0.2) is 13.9 Å². The molecule has 0 bridgehead atoms. The molecule has 1 N–H and O–H groups in total. The van der Waals surface area contributed by atoms with Gasteiger partial charge in [0.15, 0.2) is 0 Å². The molecular formula is C22H20FN5O4S. The molecule has 1 aliphatic heterocycles. The summed E-state index contributed by atoms with van der Waals surface area (Å²) in [6.45, 7) is 3.65. The molecule has 0 saturated heterocycles. The summed E-state index contributed by atoms with van der Waals surface area (Å²) in [6.07, 6.45) is 0. The van der Waals surface area contributed by atoms with Crippen LogP contribution in [-0.4, -0.2) is 32.3 Å². The molecule has 2 aromatic carbocycles. The molecule has 2 heterocycles. The first-order chi connectivity index (χ1) is 15.9. The lowest BCUT2D eigenvalue weighted by atomic mass is 9.95. The molecule has 0 unspecified atom stereocenters. The highest BCUT2D eigenvalue weighted by Gasteiger charge is 2.35. The van der Waals surface area contributed by atoms with Crippen molar-refractivity contribution in [3.8, 4) is 0 Å². The van der Waals surface area contributed by atoms with Crippen molar-refractivity contribution in [1.82, 2.24) is 14.8 Å². The fourth-order valence-corrected chi connectivity index (χ4v) is 4.30. The maximum absolute atomic E-state index is 13.5. The molecular weight excluding hydrogens is 449 g/mol. The van der Waals surface area contributed by atoms with Crippen LogP contribution in [0.3, 0.4) is 0 Å². The van der Waals surface area contributed by atoms with Crippen molar-refractivity contribution in [3.05, 3.63) is 86.9 Å². The number of nitro benzene ring substituents is 1. The van der Waals surface area contributed by atoms with Crippen molar-refractivity contribution in [2.24, 2.45) is 0 Å². The number of allylic oxidation sites excluding steroid dienone is 1. The Labute approximate surface area is 192 Å². The van der Waals surface area contributed by atoms with E-state index in [1.165, 1.54) is 36.0 Å². The van der Waals surface area contributed by atoms with Crippen LogP contribution >= 0.6 is 11.8 Å². The fourth-order valence-electron chi connectivity index (χ4n) is 3.53. The molecule has 3 aromatic rings. The van der Waals surface area contributed by atoms with E-state index in [1.807, 2.05) is 6.07 Å². The fraction of sp³-hybridized carbons (Fsp3) is 0.227. The molecule has 1 atom stereocenters. The Balaban J connectivity index is 1.70. The van der Waals surface area contributed by atoms with Crippen LogP contribution in [0.2, 0.25) is 0 Å². The first-order valence-electron chi connectivity index (χ1n) is 10.1. The average Bonchev–Trinajstić information content (AvgIpc) is 3.19. The lowest BCUT2D eigenvalue weighted by molar-refractivity contribution is -0.384. The molecule has 170 valence electrons. The number of ether oxygens (including phenoxy) is 1. The second-order valence-electron chi connectivity index (χ2n) is 7.22. The summed E-state index contributed by atoms with van der Waals surface area (Å²) in [7, 11) is 0. The first-order valence-corrected chi connectivity index (χ1v) is 11.1. The third kappa shape index (κ3) is 4.72. The van der Waals surface area contributed by atoms with Gasteiger partial charge in [0.25, 0.3) is 5.69 Å². The van der Waals surface area contributed by atoms with Gasteiger partial charge in [-0.15, -0.1) is 5.10 Å². The minimum absolute atomic E-state index is 0.0591. The van der Waals surface area contributed by atoms with Gasteiger partial charge in [0.2, 0.25) is 11.1 Å². The number of nitrogens with one attached hydrogen (secondary N) is 1. The van der Waals surface area contributed by atoms with Crippen molar-refractivity contribution >= 4 is 29.4 Å². The summed E-state index contributed by atoms with van der Waals surface area (Å²) in [5.74, 6) is 0.0520. The monoisotopic (exact) mass is 469 g/mol. The van der Waals surface area contributed by atoms with Gasteiger partial charge in [-0.1, -0.05) is 23.9 Å². The number of fused-ring (bicyclic) bond motifs is 1. The maximum Gasteiger partial charge on any atom is 0.338 e. The summed E-state index contributed by atoms with van der Waals surface area (Å²) < 4.78 is 20.3. The molecule has 33 heavy (non-hydrogen) atoms. The third-order valence-corrected chi connectivity index (χ3v) is 5.91. The standard InChI is InChI=1S/C22H20FN5O4S/c1-3-32-20(29)18-13(2)24-21-25-22(33-12-14-5-4-6-16(23)11-14)26-27(21)19(18)15-7-9-17(10-8-15)28(30)31/h4-11,19H,3,12H2,1-2H3,(H,24,25,26)/t19-/m1/s1. The van der Waals surface area contributed by atoms with E-state index in [2.05, 4.69) is 15.4 Å². The smallest absolute Gasteiger partial charge is 0.338 e. The number of anilines is 1. The van der Waals surface area contributed by atoms with Crippen LogP contribution < -0.4 is 5.32 Å². The number of hydrogen-bond donors (Lipinski definition) is 1. The summed E-state index contributed by atoms with van der Waals surface area (Å²) in [4.78, 5) is 27.9. The summed E-state index contributed by atoms with van der Waals surface area (Å²) in [6, 6.07) is 11.5. The number of nitrogens with zero attached hydrogens (tertiary/aromatic N) is 4. The number of nitro groups is 1. The lowest BCUT2D eigenvalue weighted by Crippen LogP contribution is -2.29. The highest BCUT2D eigenvalue weighted by atomic mass is 32.2. The van der Waals surface area contributed by atoms with Crippen molar-refractivity contribution < 1.29 is 18.8 Å². The summed E-state index contributed by atoms with van der Waals surface area (Å²) in [5.41, 5.74) is 2.24. The largest absolute Gasteiger partial charge is 0.463 e. The topological polar surface area (TPSA) is 112 Å². The van der Waals surface area contributed by atoms with E-state index in [4.69, 9.17) is 4.74 Å². The van der Waals surface area contributed by atoms with Gasteiger partial charge < -0.3 is 10.1 Å². The second kappa shape index (κ2) is 9.41. The molecule has 0 fully saturated rings. The third-order valence-electron chi connectivity index (χ3n) is 5.01. The molecule has 0 aliphatic carbocycles. The highest BCUT2D eigenvalue weighted by Crippen LogP contribution is 2.37. The van der Waals surface area contributed by atoms with E-state index in [0.29, 0.717) is 33.7 Å². The first kappa shape index (κ1) is 22.5. The van der Waals surface area contributed by atoms with E-state index in [9.17, 15) is 19.3 Å². The quantitative estimate of drug-likeness (QED) is 0.233. The van der Waals surface area contributed by atoms with Gasteiger partial charge in [-0.2, -0.15) is 4.98 Å². The van der Waals surface area contributed by atoms with Crippen LogP contribution in [0, 0.1) is 15.9 Å². The van der Waals surface area contributed by atoms with E-state index >= 15 is 0 Å². The van der Waals surface area contributed by atoms with E-state index in [-0.39, 0.29) is 18.1 Å². The predicted octanol–water partition coefficient (Wildman–Crippen LogP) is 4.47. The normalized spacial score (nSPS) is 15.1. The Hall–Kier alpha value is -3.73. The molecule has 0 saturated carbocycles. The summed E-state index contributed by atoms with van der Waals surface area (Å²) >= 11 is 1.33. The van der Waals surface area contributed by atoms with Crippen LogP contribution in [-0.2, 0) is 15.3 Å². The van der Waals surface area contributed by atoms with E-state index < -0.39 is 16.9 Å². The van der Waals surface area contributed by atoms with Crippen LogP contribution in [0.5, 0.6) is 0 Å². The van der Waals surface area contributed by atoms with Crippen molar-refractivity contribution in [2.75, 3.05) is 11.9 Å². The lowest BCUT2D eigenvalue weighted by Gasteiger charge is -2.28. The molecule has 0 radical (unpaired) electrons. The Morgan fingerprint density at radius 1 is 1.30 bits per heavy atom. The molecule has 1 aromatic heterocycles.